The zero-order chi connectivity index (χ0) is 12.0. The molecule has 0 saturated carbocycles. The number of carboxylic acids is 1. The molecule has 1 aromatic heterocycles. The van der Waals surface area contributed by atoms with Gasteiger partial charge in [0.2, 0.25) is 5.88 Å². The van der Waals surface area contributed by atoms with Crippen molar-refractivity contribution in [1.29, 1.82) is 0 Å². The first-order chi connectivity index (χ1) is 7.67. The number of aliphatic hydroxyl groups is 1. The van der Waals surface area contributed by atoms with Crippen LogP contribution in [0.25, 0.3) is 0 Å². The van der Waals surface area contributed by atoms with Gasteiger partial charge in [0.05, 0.1) is 12.2 Å². The molecule has 0 unspecified atom stereocenters. The molecule has 0 aromatic carbocycles. The van der Waals surface area contributed by atoms with E-state index in [0.29, 0.717) is 31.0 Å². The van der Waals surface area contributed by atoms with E-state index in [1.165, 1.54) is 12.1 Å². The quantitative estimate of drug-likeness (QED) is 0.709. The normalized spacial score (nSPS) is 10.1. The first-order valence-corrected chi connectivity index (χ1v) is 5.15. The van der Waals surface area contributed by atoms with Crippen molar-refractivity contribution < 1.29 is 19.7 Å². The van der Waals surface area contributed by atoms with Gasteiger partial charge >= 0.3 is 5.97 Å². The van der Waals surface area contributed by atoms with E-state index in [1.807, 2.05) is 6.92 Å². The van der Waals surface area contributed by atoms with Crippen LogP contribution in [0.2, 0.25) is 0 Å². The molecule has 0 amide bonds. The summed E-state index contributed by atoms with van der Waals surface area (Å²) in [4.78, 5) is 15.0. The third kappa shape index (κ3) is 3.51. The van der Waals surface area contributed by atoms with Gasteiger partial charge in [-0.3, -0.25) is 0 Å². The Morgan fingerprint density at radius 2 is 2.25 bits per heavy atom. The number of aromatic nitrogens is 1. The molecule has 5 heteroatoms. The Balaban J connectivity index is 2.82. The second-order valence-corrected chi connectivity index (χ2v) is 3.27. The lowest BCUT2D eigenvalue weighted by Gasteiger charge is -2.07. The highest BCUT2D eigenvalue weighted by molar-refractivity contribution is 5.88. The average molecular weight is 225 g/mol. The summed E-state index contributed by atoms with van der Waals surface area (Å²) in [6, 6.07) is 2.92. The first-order valence-electron chi connectivity index (χ1n) is 5.15. The molecule has 0 aliphatic heterocycles. The van der Waals surface area contributed by atoms with Crippen LogP contribution in [-0.4, -0.2) is 34.4 Å². The van der Waals surface area contributed by atoms with Crippen molar-refractivity contribution in [2.24, 2.45) is 0 Å². The Hall–Kier alpha value is -1.62. The molecule has 0 atom stereocenters. The molecule has 0 radical (unpaired) electrons. The number of hydrogen-bond acceptors (Lipinski definition) is 4. The van der Waals surface area contributed by atoms with E-state index < -0.39 is 5.97 Å². The van der Waals surface area contributed by atoms with Crippen LogP contribution in [0.1, 0.15) is 29.4 Å². The van der Waals surface area contributed by atoms with Gasteiger partial charge in [0, 0.05) is 24.8 Å². The number of hydrogen-bond donors (Lipinski definition) is 2. The molecule has 0 saturated heterocycles. The zero-order valence-corrected chi connectivity index (χ0v) is 9.14. The second kappa shape index (κ2) is 6.07. The lowest BCUT2D eigenvalue weighted by molar-refractivity contribution is 0.0696. The molecule has 0 spiro atoms. The molecule has 0 aliphatic carbocycles. The van der Waals surface area contributed by atoms with Crippen molar-refractivity contribution >= 4 is 5.97 Å². The number of carboxylic acid groups (broad SMARTS) is 1. The van der Waals surface area contributed by atoms with Crippen molar-refractivity contribution in [1.82, 2.24) is 4.98 Å². The highest BCUT2D eigenvalue weighted by Crippen LogP contribution is 2.13. The van der Waals surface area contributed by atoms with Crippen LogP contribution in [0.4, 0.5) is 0 Å². The van der Waals surface area contributed by atoms with E-state index >= 15 is 0 Å². The summed E-state index contributed by atoms with van der Waals surface area (Å²) in [5.74, 6) is -0.700. The third-order valence-electron chi connectivity index (χ3n) is 2.02. The lowest BCUT2D eigenvalue weighted by atomic mass is 10.2. The maximum Gasteiger partial charge on any atom is 0.335 e. The van der Waals surface area contributed by atoms with Crippen LogP contribution in [0, 0.1) is 0 Å². The Morgan fingerprint density at radius 3 is 2.81 bits per heavy atom. The maximum atomic E-state index is 10.8. The van der Waals surface area contributed by atoms with Gasteiger partial charge in [-0.1, -0.05) is 6.92 Å². The second-order valence-electron chi connectivity index (χ2n) is 3.27. The Morgan fingerprint density at radius 1 is 1.50 bits per heavy atom. The molecular weight excluding hydrogens is 210 g/mol. The topological polar surface area (TPSA) is 79.7 Å². The predicted octanol–water partition coefficient (Wildman–Crippen LogP) is 1.10. The molecule has 0 bridgehead atoms. The van der Waals surface area contributed by atoms with Gasteiger partial charge in [0.15, 0.2) is 0 Å². The van der Waals surface area contributed by atoms with Crippen LogP contribution in [0.15, 0.2) is 12.1 Å². The van der Waals surface area contributed by atoms with E-state index in [0.717, 1.165) is 0 Å². The fraction of sp³-hybridized carbons (Fsp3) is 0.455. The molecule has 88 valence electrons. The molecule has 1 aromatic rings. The molecule has 5 nitrogen and oxygen atoms in total. The van der Waals surface area contributed by atoms with Gasteiger partial charge in [0.25, 0.3) is 0 Å². The van der Waals surface area contributed by atoms with Gasteiger partial charge in [-0.05, 0) is 12.5 Å². The fourth-order valence-electron chi connectivity index (χ4n) is 1.18. The molecule has 2 N–H and O–H groups in total. The predicted molar refractivity (Wildman–Crippen MR) is 57.8 cm³/mol. The van der Waals surface area contributed by atoms with Crippen molar-refractivity contribution in [3.63, 3.8) is 0 Å². The van der Waals surface area contributed by atoms with Crippen molar-refractivity contribution in [3.05, 3.63) is 23.4 Å². The molecule has 0 fully saturated rings. The van der Waals surface area contributed by atoms with Crippen molar-refractivity contribution in [3.8, 4) is 5.88 Å². The highest BCUT2D eigenvalue weighted by atomic mass is 16.5. The number of aliphatic hydroxyl groups excluding tert-OH is 1. The van der Waals surface area contributed by atoms with E-state index in [9.17, 15) is 4.79 Å². The van der Waals surface area contributed by atoms with Crippen molar-refractivity contribution in [2.75, 3.05) is 13.2 Å². The summed E-state index contributed by atoms with van der Waals surface area (Å²) in [7, 11) is 0. The summed E-state index contributed by atoms with van der Waals surface area (Å²) in [6.45, 7) is 2.26. The zero-order valence-electron chi connectivity index (χ0n) is 9.14. The summed E-state index contributed by atoms with van der Waals surface area (Å²) in [5.41, 5.74) is 0.852. The number of aryl methyl sites for hydroxylation is 1. The maximum absolute atomic E-state index is 10.8. The Bertz CT molecular complexity index is 365. The van der Waals surface area contributed by atoms with Crippen LogP contribution >= 0.6 is 0 Å². The van der Waals surface area contributed by atoms with E-state index in [-0.39, 0.29) is 12.2 Å². The van der Waals surface area contributed by atoms with Crippen LogP contribution < -0.4 is 4.74 Å². The minimum absolute atomic E-state index is 0.0409. The Labute approximate surface area is 93.7 Å². The summed E-state index contributed by atoms with van der Waals surface area (Å²) in [6.07, 6.45) is 1.15. The van der Waals surface area contributed by atoms with E-state index in [4.69, 9.17) is 14.9 Å². The van der Waals surface area contributed by atoms with Crippen molar-refractivity contribution in [2.45, 2.75) is 19.8 Å². The minimum atomic E-state index is -0.996. The highest BCUT2D eigenvalue weighted by Gasteiger charge is 2.08. The van der Waals surface area contributed by atoms with E-state index in [2.05, 4.69) is 4.98 Å². The van der Waals surface area contributed by atoms with E-state index in [1.54, 1.807) is 0 Å². The minimum Gasteiger partial charge on any atom is -0.478 e. The first kappa shape index (κ1) is 12.4. The molecule has 0 aliphatic rings. The summed E-state index contributed by atoms with van der Waals surface area (Å²) >= 11 is 0. The molecule has 1 heterocycles. The fourth-order valence-corrected chi connectivity index (χ4v) is 1.18. The third-order valence-corrected chi connectivity index (χ3v) is 2.02. The van der Waals surface area contributed by atoms with Crippen LogP contribution in [0.5, 0.6) is 5.88 Å². The molecular formula is C11H15NO4. The van der Waals surface area contributed by atoms with Crippen LogP contribution in [-0.2, 0) is 6.42 Å². The standard InChI is InChI=1S/C11H15NO4/c1-2-9-6-8(11(14)15)7-10(12-9)16-5-3-4-13/h6-7,13H,2-5H2,1H3,(H,14,15). The number of rotatable bonds is 6. The van der Waals surface area contributed by atoms with Gasteiger partial charge in [-0.25, -0.2) is 9.78 Å². The number of nitrogens with zero attached hydrogens (tertiary/aromatic N) is 1. The monoisotopic (exact) mass is 225 g/mol. The van der Waals surface area contributed by atoms with Gasteiger partial charge in [0.1, 0.15) is 0 Å². The van der Waals surface area contributed by atoms with Gasteiger partial charge < -0.3 is 14.9 Å². The average Bonchev–Trinajstić information content (AvgIpc) is 2.29. The molecule has 1 rings (SSSR count). The largest absolute Gasteiger partial charge is 0.478 e. The van der Waals surface area contributed by atoms with Gasteiger partial charge in [-0.15, -0.1) is 0 Å². The number of aromatic carboxylic acids is 1. The molecule has 16 heavy (non-hydrogen) atoms. The lowest BCUT2D eigenvalue weighted by Crippen LogP contribution is -2.05. The number of carbonyl (C=O) groups is 1. The summed E-state index contributed by atoms with van der Waals surface area (Å²) in [5, 5.41) is 17.5. The smallest absolute Gasteiger partial charge is 0.335 e. The van der Waals surface area contributed by atoms with Gasteiger partial charge in [-0.2, -0.15) is 0 Å². The SMILES string of the molecule is CCc1cc(C(=O)O)cc(OCCCO)n1. The summed E-state index contributed by atoms with van der Waals surface area (Å²) < 4.78 is 5.25. The number of pyridine rings is 1. The van der Waals surface area contributed by atoms with Crippen LogP contribution in [0.3, 0.4) is 0 Å². The number of ether oxygens (including phenoxy) is 1. The Kier molecular flexibility index (Phi) is 4.72.